The number of rotatable bonds is 3. The van der Waals surface area contributed by atoms with E-state index in [2.05, 4.69) is 11.3 Å². The van der Waals surface area contributed by atoms with Crippen molar-refractivity contribution in [3.63, 3.8) is 0 Å². The largest absolute Gasteiger partial charge is 0.484 e. The van der Waals surface area contributed by atoms with Crippen molar-refractivity contribution in [1.29, 1.82) is 0 Å². The summed E-state index contributed by atoms with van der Waals surface area (Å²) in [5.74, 6) is -0.288. The molecule has 0 unspecified atom stereocenters. The van der Waals surface area contributed by atoms with Gasteiger partial charge in [0.15, 0.2) is 0 Å². The quantitative estimate of drug-likeness (QED) is 0.455. The van der Waals surface area contributed by atoms with E-state index in [-0.39, 0.29) is 5.97 Å². The first-order valence-electron chi connectivity index (χ1n) is 3.62. The smallest absolute Gasteiger partial charge is 0.350 e. The lowest BCUT2D eigenvalue weighted by Gasteiger charge is -2.37. The highest BCUT2D eigenvalue weighted by Crippen LogP contribution is 2.36. The van der Waals surface area contributed by atoms with Crippen LogP contribution in [-0.4, -0.2) is 18.7 Å². The molecule has 0 bridgehead atoms. The second kappa shape index (κ2) is 2.95. The Morgan fingerprint density at radius 2 is 2.27 bits per heavy atom. The molecule has 0 saturated heterocycles. The maximum absolute atomic E-state index is 11.1. The predicted molar refractivity (Wildman–Crippen MR) is 39.9 cm³/mol. The molecule has 1 rings (SSSR count). The van der Waals surface area contributed by atoms with E-state index < -0.39 is 5.60 Å². The third-order valence-electron chi connectivity index (χ3n) is 2.03. The summed E-state index contributed by atoms with van der Waals surface area (Å²) in [6.07, 6.45) is 3.80. The summed E-state index contributed by atoms with van der Waals surface area (Å²) in [6.45, 7) is 3.41. The Kier molecular flexibility index (Phi) is 2.17. The van der Waals surface area contributed by atoms with Crippen LogP contribution in [-0.2, 0) is 14.3 Å². The average molecular weight is 156 g/mol. The van der Waals surface area contributed by atoms with Gasteiger partial charge in [-0.05, 0) is 19.3 Å². The zero-order valence-corrected chi connectivity index (χ0v) is 6.63. The average Bonchev–Trinajstić information content (AvgIpc) is 1.95. The van der Waals surface area contributed by atoms with Gasteiger partial charge in [0, 0.05) is 0 Å². The summed E-state index contributed by atoms with van der Waals surface area (Å²) < 4.78 is 9.71. The van der Waals surface area contributed by atoms with E-state index in [1.54, 1.807) is 0 Å². The van der Waals surface area contributed by atoms with Crippen LogP contribution in [0.25, 0.3) is 0 Å². The second-order valence-electron chi connectivity index (χ2n) is 2.62. The molecule has 1 aliphatic carbocycles. The van der Waals surface area contributed by atoms with Crippen molar-refractivity contribution in [2.75, 3.05) is 7.11 Å². The topological polar surface area (TPSA) is 35.5 Å². The third kappa shape index (κ3) is 1.23. The van der Waals surface area contributed by atoms with Gasteiger partial charge in [0.2, 0.25) is 5.60 Å². The summed E-state index contributed by atoms with van der Waals surface area (Å²) in [4.78, 5) is 11.1. The van der Waals surface area contributed by atoms with Gasteiger partial charge in [-0.1, -0.05) is 6.58 Å². The number of ether oxygens (including phenoxy) is 2. The predicted octanol–water partition coefficient (Wildman–Crippen LogP) is 1.24. The summed E-state index contributed by atoms with van der Waals surface area (Å²) in [5, 5.41) is 0. The van der Waals surface area contributed by atoms with Gasteiger partial charge in [-0.25, -0.2) is 4.79 Å². The van der Waals surface area contributed by atoms with E-state index in [9.17, 15) is 4.79 Å². The van der Waals surface area contributed by atoms with Crippen molar-refractivity contribution in [3.05, 3.63) is 12.8 Å². The lowest BCUT2D eigenvalue weighted by molar-refractivity contribution is -0.172. The van der Waals surface area contributed by atoms with E-state index in [1.807, 2.05) is 0 Å². The van der Waals surface area contributed by atoms with Gasteiger partial charge in [0.05, 0.1) is 13.4 Å². The van der Waals surface area contributed by atoms with Crippen LogP contribution in [0, 0.1) is 0 Å². The van der Waals surface area contributed by atoms with Crippen molar-refractivity contribution < 1.29 is 14.3 Å². The van der Waals surface area contributed by atoms with Gasteiger partial charge < -0.3 is 9.47 Å². The van der Waals surface area contributed by atoms with Crippen LogP contribution in [0.4, 0.5) is 0 Å². The number of carbonyl (C=O) groups is 1. The van der Waals surface area contributed by atoms with Crippen molar-refractivity contribution in [2.24, 2.45) is 0 Å². The summed E-state index contributed by atoms with van der Waals surface area (Å²) >= 11 is 0. The Bertz CT molecular complexity index is 170. The zero-order chi connectivity index (χ0) is 8.32. The van der Waals surface area contributed by atoms with E-state index in [0.29, 0.717) is 0 Å². The van der Waals surface area contributed by atoms with Crippen LogP contribution in [0.15, 0.2) is 12.8 Å². The van der Waals surface area contributed by atoms with Crippen molar-refractivity contribution in [2.45, 2.75) is 24.9 Å². The molecular weight excluding hydrogens is 144 g/mol. The minimum atomic E-state index is -0.698. The van der Waals surface area contributed by atoms with Crippen molar-refractivity contribution in [3.8, 4) is 0 Å². The molecule has 0 heterocycles. The molecule has 0 amide bonds. The molecule has 1 aliphatic rings. The molecule has 0 radical (unpaired) electrons. The number of esters is 1. The lowest BCUT2D eigenvalue weighted by atomic mass is 9.80. The van der Waals surface area contributed by atoms with Gasteiger partial charge in [0.25, 0.3) is 0 Å². The summed E-state index contributed by atoms with van der Waals surface area (Å²) in [6, 6.07) is 0. The molecule has 62 valence electrons. The fourth-order valence-corrected chi connectivity index (χ4v) is 1.21. The first kappa shape index (κ1) is 8.11. The Morgan fingerprint density at radius 1 is 1.64 bits per heavy atom. The van der Waals surface area contributed by atoms with E-state index in [0.717, 1.165) is 19.3 Å². The highest BCUT2D eigenvalue weighted by atomic mass is 16.6. The molecule has 1 fully saturated rings. The van der Waals surface area contributed by atoms with Crippen LogP contribution in [0.1, 0.15) is 19.3 Å². The fraction of sp³-hybridized carbons (Fsp3) is 0.625. The molecule has 0 aromatic heterocycles. The molecule has 3 heteroatoms. The monoisotopic (exact) mass is 156 g/mol. The number of methoxy groups -OCH3 is 1. The molecule has 0 spiro atoms. The van der Waals surface area contributed by atoms with E-state index in [4.69, 9.17) is 4.74 Å². The van der Waals surface area contributed by atoms with E-state index >= 15 is 0 Å². The van der Waals surface area contributed by atoms with Gasteiger partial charge in [-0.2, -0.15) is 0 Å². The zero-order valence-electron chi connectivity index (χ0n) is 6.63. The number of hydrogen-bond donors (Lipinski definition) is 0. The highest BCUT2D eigenvalue weighted by molar-refractivity contribution is 5.80. The van der Waals surface area contributed by atoms with Crippen LogP contribution >= 0.6 is 0 Å². The van der Waals surface area contributed by atoms with Gasteiger partial charge in [-0.15, -0.1) is 0 Å². The van der Waals surface area contributed by atoms with Gasteiger partial charge >= 0.3 is 5.97 Å². The second-order valence-corrected chi connectivity index (χ2v) is 2.62. The SMILES string of the molecule is C=COC1(C(=O)OC)CCC1. The normalized spacial score (nSPS) is 19.7. The first-order chi connectivity index (χ1) is 5.25. The van der Waals surface area contributed by atoms with Gasteiger partial charge in [0.1, 0.15) is 0 Å². The molecule has 1 saturated carbocycles. The van der Waals surface area contributed by atoms with Crippen LogP contribution in [0.2, 0.25) is 0 Å². The number of hydrogen-bond acceptors (Lipinski definition) is 3. The molecule has 0 aliphatic heterocycles. The minimum absolute atomic E-state index is 0.288. The Morgan fingerprint density at radius 3 is 2.55 bits per heavy atom. The lowest BCUT2D eigenvalue weighted by Crippen LogP contribution is -2.47. The number of carbonyl (C=O) groups excluding carboxylic acids is 1. The van der Waals surface area contributed by atoms with Crippen molar-refractivity contribution in [1.82, 2.24) is 0 Å². The molecule has 0 aromatic rings. The van der Waals surface area contributed by atoms with Crippen LogP contribution in [0.5, 0.6) is 0 Å². The molecule has 0 atom stereocenters. The first-order valence-corrected chi connectivity index (χ1v) is 3.62. The maximum Gasteiger partial charge on any atom is 0.350 e. The molecule has 11 heavy (non-hydrogen) atoms. The Labute approximate surface area is 66.0 Å². The Hall–Kier alpha value is -0.990. The molecule has 0 N–H and O–H groups in total. The summed E-state index contributed by atoms with van der Waals surface area (Å²) in [5.41, 5.74) is -0.698. The standard InChI is InChI=1S/C8H12O3/c1-3-11-8(5-4-6-8)7(9)10-2/h3H,1,4-6H2,2H3. The molecule has 3 nitrogen and oxygen atoms in total. The van der Waals surface area contributed by atoms with Crippen LogP contribution < -0.4 is 0 Å². The van der Waals surface area contributed by atoms with Crippen molar-refractivity contribution >= 4 is 5.97 Å². The van der Waals surface area contributed by atoms with E-state index in [1.165, 1.54) is 13.4 Å². The fourth-order valence-electron chi connectivity index (χ4n) is 1.21. The van der Waals surface area contributed by atoms with Crippen LogP contribution in [0.3, 0.4) is 0 Å². The molecule has 0 aromatic carbocycles. The third-order valence-corrected chi connectivity index (χ3v) is 2.03. The maximum atomic E-state index is 11.1. The molecular formula is C8H12O3. The minimum Gasteiger partial charge on any atom is -0.484 e. The Balaban J connectivity index is 2.59. The van der Waals surface area contributed by atoms with Gasteiger partial charge in [-0.3, -0.25) is 0 Å². The highest BCUT2D eigenvalue weighted by Gasteiger charge is 2.47. The summed E-state index contributed by atoms with van der Waals surface area (Å²) in [7, 11) is 1.37.